The first kappa shape index (κ1) is 21.8. The molecule has 0 atom stereocenters. The summed E-state index contributed by atoms with van der Waals surface area (Å²) in [6.07, 6.45) is 2.96. The second kappa shape index (κ2) is 8.96. The molecule has 2 saturated heterocycles. The van der Waals surface area contributed by atoms with E-state index in [1.165, 1.54) is 10.6 Å². The average molecular weight is 449 g/mol. The Hall–Kier alpha value is -2.46. The molecule has 4 rings (SSSR count). The highest BCUT2D eigenvalue weighted by molar-refractivity contribution is 7.88. The summed E-state index contributed by atoms with van der Waals surface area (Å²) >= 11 is 0. The van der Waals surface area contributed by atoms with Gasteiger partial charge in [0.15, 0.2) is 5.82 Å². The Morgan fingerprint density at radius 1 is 1.16 bits per heavy atom. The van der Waals surface area contributed by atoms with Crippen LogP contribution in [0.4, 0.5) is 0 Å². The highest BCUT2D eigenvalue weighted by Crippen LogP contribution is 2.31. The van der Waals surface area contributed by atoms with Gasteiger partial charge in [0.1, 0.15) is 5.75 Å². The van der Waals surface area contributed by atoms with Gasteiger partial charge in [0.25, 0.3) is 0 Å². The number of sulfonamides is 1. The molecule has 0 saturated carbocycles. The zero-order valence-corrected chi connectivity index (χ0v) is 18.7. The van der Waals surface area contributed by atoms with Crippen LogP contribution < -0.4 is 4.74 Å². The summed E-state index contributed by atoms with van der Waals surface area (Å²) in [5, 5.41) is 4.12. The van der Waals surface area contributed by atoms with E-state index < -0.39 is 10.0 Å². The van der Waals surface area contributed by atoms with Crippen molar-refractivity contribution in [2.24, 2.45) is 0 Å². The topological polar surface area (TPSA) is 106 Å². The van der Waals surface area contributed by atoms with Crippen LogP contribution in [0.25, 0.3) is 0 Å². The lowest BCUT2D eigenvalue weighted by molar-refractivity contribution is -0.135. The molecular formula is C21H28N4O5S. The minimum absolute atomic E-state index is 0.0571. The molecular weight excluding hydrogens is 420 g/mol. The molecule has 2 aliphatic heterocycles. The molecule has 0 aliphatic carbocycles. The van der Waals surface area contributed by atoms with Gasteiger partial charge in [-0.1, -0.05) is 17.3 Å². The van der Waals surface area contributed by atoms with Crippen LogP contribution in [0, 0.1) is 0 Å². The molecule has 0 radical (unpaired) electrons. The number of likely N-dealkylation sites (tertiary alicyclic amines) is 1. The van der Waals surface area contributed by atoms with E-state index in [0.29, 0.717) is 63.8 Å². The Bertz CT molecular complexity index is 1010. The van der Waals surface area contributed by atoms with Crippen LogP contribution in [-0.4, -0.2) is 72.7 Å². The van der Waals surface area contributed by atoms with Gasteiger partial charge in [-0.05, 0) is 37.5 Å². The first-order chi connectivity index (χ1) is 14.8. The molecule has 0 N–H and O–H groups in total. The van der Waals surface area contributed by atoms with Crippen molar-refractivity contribution < 1.29 is 22.5 Å². The summed E-state index contributed by atoms with van der Waals surface area (Å²) in [7, 11) is -3.15. The van der Waals surface area contributed by atoms with E-state index in [9.17, 15) is 13.2 Å². The predicted octanol–water partition coefficient (Wildman–Crippen LogP) is 1.78. The number of rotatable bonds is 7. The lowest BCUT2D eigenvalue weighted by Crippen LogP contribution is -2.49. The molecule has 0 unspecified atom stereocenters. The molecule has 2 fully saturated rings. The SMILES string of the molecule is CCOc1ccc(CC(=O)N2CC(c3nc(C4CCN(S(C)(=O)=O)CC4)no3)C2)cc1. The lowest BCUT2D eigenvalue weighted by Gasteiger charge is -2.37. The summed E-state index contributed by atoms with van der Waals surface area (Å²) in [6.45, 7) is 4.65. The van der Waals surface area contributed by atoms with Crippen molar-refractivity contribution in [1.29, 1.82) is 0 Å². The number of ether oxygens (including phenoxy) is 1. The van der Waals surface area contributed by atoms with Gasteiger partial charge in [-0.3, -0.25) is 4.79 Å². The fraction of sp³-hybridized carbons (Fsp3) is 0.571. The Labute approximate surface area is 182 Å². The third-order valence-electron chi connectivity index (χ3n) is 5.92. The number of nitrogens with zero attached hydrogens (tertiary/aromatic N) is 4. The molecule has 31 heavy (non-hydrogen) atoms. The number of aromatic nitrogens is 2. The van der Waals surface area contributed by atoms with Crippen molar-refractivity contribution in [3.63, 3.8) is 0 Å². The maximum absolute atomic E-state index is 12.5. The lowest BCUT2D eigenvalue weighted by atomic mass is 9.96. The molecule has 1 amide bonds. The van der Waals surface area contributed by atoms with E-state index in [-0.39, 0.29) is 17.7 Å². The summed E-state index contributed by atoms with van der Waals surface area (Å²) in [6, 6.07) is 7.59. The van der Waals surface area contributed by atoms with Crippen molar-refractivity contribution in [2.45, 2.75) is 38.0 Å². The second-order valence-electron chi connectivity index (χ2n) is 8.18. The molecule has 2 aromatic rings. The molecule has 10 heteroatoms. The van der Waals surface area contributed by atoms with Gasteiger partial charge in [0.05, 0.1) is 25.2 Å². The number of amides is 1. The Balaban J connectivity index is 1.26. The number of carbonyl (C=O) groups is 1. The van der Waals surface area contributed by atoms with Crippen LogP contribution in [0.15, 0.2) is 28.8 Å². The first-order valence-corrected chi connectivity index (χ1v) is 12.5. The van der Waals surface area contributed by atoms with Crippen LogP contribution in [0.3, 0.4) is 0 Å². The first-order valence-electron chi connectivity index (χ1n) is 10.6. The number of benzene rings is 1. The molecule has 168 valence electrons. The molecule has 0 bridgehead atoms. The van der Waals surface area contributed by atoms with E-state index in [1.54, 1.807) is 4.90 Å². The van der Waals surface area contributed by atoms with Crippen LogP contribution in [0.1, 0.15) is 48.9 Å². The van der Waals surface area contributed by atoms with Crippen LogP contribution in [0.5, 0.6) is 5.75 Å². The molecule has 2 aliphatic rings. The minimum Gasteiger partial charge on any atom is -0.494 e. The summed E-state index contributed by atoms with van der Waals surface area (Å²) in [4.78, 5) is 18.9. The van der Waals surface area contributed by atoms with Gasteiger partial charge in [0, 0.05) is 32.1 Å². The molecule has 3 heterocycles. The quantitative estimate of drug-likeness (QED) is 0.636. The maximum Gasteiger partial charge on any atom is 0.233 e. The third-order valence-corrected chi connectivity index (χ3v) is 7.22. The van der Waals surface area contributed by atoms with Crippen molar-refractivity contribution >= 4 is 15.9 Å². The molecule has 1 aromatic heterocycles. The van der Waals surface area contributed by atoms with Crippen LogP contribution in [0.2, 0.25) is 0 Å². The second-order valence-corrected chi connectivity index (χ2v) is 10.2. The maximum atomic E-state index is 12.5. The standard InChI is InChI=1S/C21H28N4O5S/c1-3-29-18-6-4-15(5-7-18)12-19(26)24-13-17(14-24)21-22-20(23-30-21)16-8-10-25(11-9-16)31(2,27)28/h4-7,16-17H,3,8-14H2,1-2H3. The van der Waals surface area contributed by atoms with E-state index in [4.69, 9.17) is 9.26 Å². The van der Waals surface area contributed by atoms with E-state index in [2.05, 4.69) is 10.1 Å². The van der Waals surface area contributed by atoms with Crippen molar-refractivity contribution in [3.05, 3.63) is 41.5 Å². The fourth-order valence-corrected chi connectivity index (χ4v) is 4.89. The number of hydrogen-bond donors (Lipinski definition) is 0. The number of carbonyl (C=O) groups excluding carboxylic acids is 1. The third kappa shape index (κ3) is 5.07. The summed E-state index contributed by atoms with van der Waals surface area (Å²) in [5.41, 5.74) is 0.956. The van der Waals surface area contributed by atoms with Crippen molar-refractivity contribution in [3.8, 4) is 5.75 Å². The monoisotopic (exact) mass is 448 g/mol. The van der Waals surface area contributed by atoms with Crippen molar-refractivity contribution in [2.75, 3.05) is 39.0 Å². The van der Waals surface area contributed by atoms with Gasteiger partial charge in [0.2, 0.25) is 21.8 Å². The fourth-order valence-electron chi connectivity index (χ4n) is 4.02. The normalized spacial score (nSPS) is 18.7. The van der Waals surface area contributed by atoms with Crippen LogP contribution >= 0.6 is 0 Å². The van der Waals surface area contributed by atoms with Gasteiger partial charge in [-0.25, -0.2) is 12.7 Å². The zero-order valence-electron chi connectivity index (χ0n) is 17.9. The minimum atomic E-state index is -3.15. The van der Waals surface area contributed by atoms with Gasteiger partial charge in [-0.2, -0.15) is 4.98 Å². The van der Waals surface area contributed by atoms with Gasteiger partial charge >= 0.3 is 0 Å². The van der Waals surface area contributed by atoms with E-state index in [1.807, 2.05) is 31.2 Å². The predicted molar refractivity (Wildman–Crippen MR) is 113 cm³/mol. The number of piperidine rings is 1. The van der Waals surface area contributed by atoms with E-state index in [0.717, 1.165) is 11.3 Å². The van der Waals surface area contributed by atoms with Crippen molar-refractivity contribution in [1.82, 2.24) is 19.3 Å². The Morgan fingerprint density at radius 3 is 2.45 bits per heavy atom. The Morgan fingerprint density at radius 2 is 1.84 bits per heavy atom. The Kier molecular flexibility index (Phi) is 6.29. The van der Waals surface area contributed by atoms with Gasteiger partial charge < -0.3 is 14.2 Å². The van der Waals surface area contributed by atoms with E-state index >= 15 is 0 Å². The zero-order chi connectivity index (χ0) is 22.0. The summed E-state index contributed by atoms with van der Waals surface area (Å²) < 4.78 is 35.7. The number of hydrogen-bond acceptors (Lipinski definition) is 7. The molecule has 9 nitrogen and oxygen atoms in total. The van der Waals surface area contributed by atoms with Crippen LogP contribution in [-0.2, 0) is 21.2 Å². The molecule has 0 spiro atoms. The molecule has 1 aromatic carbocycles. The largest absolute Gasteiger partial charge is 0.494 e. The smallest absolute Gasteiger partial charge is 0.233 e. The average Bonchev–Trinajstić information content (AvgIpc) is 3.18. The highest BCUT2D eigenvalue weighted by Gasteiger charge is 2.36. The highest BCUT2D eigenvalue weighted by atomic mass is 32.2. The van der Waals surface area contributed by atoms with Gasteiger partial charge in [-0.15, -0.1) is 0 Å². The summed E-state index contributed by atoms with van der Waals surface area (Å²) in [5.74, 6) is 2.24.